The van der Waals surface area contributed by atoms with Gasteiger partial charge in [0.05, 0.1) is 6.61 Å². The van der Waals surface area contributed by atoms with Crippen LogP contribution in [-0.2, 0) is 4.74 Å². The van der Waals surface area contributed by atoms with Crippen molar-refractivity contribution in [2.45, 2.75) is 88.8 Å². The monoisotopic (exact) mass is 468 g/mol. The molecule has 2 saturated carbocycles. The van der Waals surface area contributed by atoms with Crippen molar-refractivity contribution in [3.63, 3.8) is 0 Å². The molecule has 0 aromatic carbocycles. The third-order valence-corrected chi connectivity index (χ3v) is 8.91. The Morgan fingerprint density at radius 1 is 1.03 bits per heavy atom. The van der Waals surface area contributed by atoms with E-state index in [4.69, 9.17) is 4.74 Å². The number of ether oxygens (including phenoxy) is 1. The molecule has 2 aliphatic carbocycles. The molecule has 3 heterocycles. The van der Waals surface area contributed by atoms with E-state index in [9.17, 15) is 18.4 Å². The Bertz CT molecular complexity index is 744. The van der Waals surface area contributed by atoms with E-state index >= 15 is 0 Å². The molecule has 0 radical (unpaired) electrons. The average Bonchev–Trinajstić information content (AvgIpc) is 3.40. The molecule has 186 valence electrons. The Kier molecular flexibility index (Phi) is 6.20. The number of alkyl halides is 2. The Balaban J connectivity index is 1.06. The quantitative estimate of drug-likeness (QED) is 0.684. The molecule has 5 aliphatic rings. The highest BCUT2D eigenvalue weighted by atomic mass is 19.3. The summed E-state index contributed by atoms with van der Waals surface area (Å²) in [6, 6.07) is 0.329. The number of nitrogens with zero attached hydrogens (tertiary/aromatic N) is 3. The molecule has 0 bridgehead atoms. The molecule has 7 nitrogen and oxygen atoms in total. The highest BCUT2D eigenvalue weighted by molar-refractivity contribution is 5.75. The maximum atomic E-state index is 13.1. The number of amides is 3. The van der Waals surface area contributed by atoms with Gasteiger partial charge >= 0.3 is 12.1 Å². The van der Waals surface area contributed by atoms with Gasteiger partial charge in [-0.25, -0.2) is 18.4 Å². The Labute approximate surface area is 195 Å². The summed E-state index contributed by atoms with van der Waals surface area (Å²) < 4.78 is 31.4. The lowest BCUT2D eigenvalue weighted by Gasteiger charge is -2.52. The van der Waals surface area contributed by atoms with Crippen molar-refractivity contribution < 1.29 is 23.1 Å². The molecule has 5 rings (SSSR count). The summed E-state index contributed by atoms with van der Waals surface area (Å²) >= 11 is 0. The Morgan fingerprint density at radius 2 is 1.76 bits per heavy atom. The largest absolute Gasteiger partial charge is 0.450 e. The highest BCUT2D eigenvalue weighted by Gasteiger charge is 2.52. The van der Waals surface area contributed by atoms with E-state index in [0.717, 1.165) is 77.7 Å². The van der Waals surface area contributed by atoms with Gasteiger partial charge in [0.15, 0.2) is 0 Å². The van der Waals surface area contributed by atoms with Gasteiger partial charge < -0.3 is 24.8 Å². The predicted molar refractivity (Wildman–Crippen MR) is 119 cm³/mol. The van der Waals surface area contributed by atoms with E-state index < -0.39 is 5.92 Å². The number of halogens is 2. The van der Waals surface area contributed by atoms with Crippen molar-refractivity contribution in [2.75, 3.05) is 39.3 Å². The minimum Gasteiger partial charge on any atom is -0.450 e. The summed E-state index contributed by atoms with van der Waals surface area (Å²) in [5.41, 5.74) is 0.285. The van der Waals surface area contributed by atoms with E-state index in [2.05, 4.69) is 10.2 Å². The smallest absolute Gasteiger partial charge is 0.409 e. The zero-order chi connectivity index (χ0) is 23.2. The third kappa shape index (κ3) is 4.66. The number of nitrogens with one attached hydrogen (secondary N) is 1. The normalized spacial score (nSPS) is 30.3. The van der Waals surface area contributed by atoms with E-state index in [0.29, 0.717) is 18.6 Å². The van der Waals surface area contributed by atoms with Gasteiger partial charge in [-0.05, 0) is 76.3 Å². The minimum absolute atomic E-state index is 0.145. The van der Waals surface area contributed by atoms with Crippen LogP contribution in [0.2, 0.25) is 0 Å². The summed E-state index contributed by atoms with van der Waals surface area (Å²) in [4.78, 5) is 31.2. The zero-order valence-electron chi connectivity index (χ0n) is 19.7. The Hall–Kier alpha value is -1.64. The van der Waals surface area contributed by atoms with Crippen LogP contribution in [0.4, 0.5) is 18.4 Å². The van der Waals surface area contributed by atoms with Crippen LogP contribution in [0, 0.1) is 11.3 Å². The standard InChI is InChI=1S/C24H38F2N4O3/c1-2-33-22(32)29-11-7-23(16-29)14-19(15-23)28-9-5-17(6-10-28)20-4-3-8-30(20)21(31)27-18-12-24(25,26)13-18/h17-20H,2-16H2,1H3,(H,27,31)/t19?,20-,23?/m0/s1. The molecule has 0 aromatic heterocycles. The molecule has 1 atom stereocenters. The zero-order valence-corrected chi connectivity index (χ0v) is 19.7. The number of hydrogen-bond acceptors (Lipinski definition) is 4. The molecule has 5 fully saturated rings. The van der Waals surface area contributed by atoms with Crippen LogP contribution in [0.15, 0.2) is 0 Å². The fraction of sp³-hybridized carbons (Fsp3) is 0.917. The summed E-state index contributed by atoms with van der Waals surface area (Å²) in [7, 11) is 0. The topological polar surface area (TPSA) is 65.1 Å². The fourth-order valence-corrected chi connectivity index (χ4v) is 7.06. The van der Waals surface area contributed by atoms with Crippen LogP contribution in [0.3, 0.4) is 0 Å². The molecule has 3 amide bonds. The van der Waals surface area contributed by atoms with Gasteiger partial charge in [-0.3, -0.25) is 0 Å². The molecular formula is C24H38F2N4O3. The van der Waals surface area contributed by atoms with Crippen molar-refractivity contribution in [3.05, 3.63) is 0 Å². The van der Waals surface area contributed by atoms with Crippen LogP contribution in [0.5, 0.6) is 0 Å². The van der Waals surface area contributed by atoms with Crippen molar-refractivity contribution in [3.8, 4) is 0 Å². The van der Waals surface area contributed by atoms with Gasteiger partial charge in [-0.2, -0.15) is 0 Å². The van der Waals surface area contributed by atoms with Crippen LogP contribution in [-0.4, -0.2) is 90.2 Å². The molecule has 33 heavy (non-hydrogen) atoms. The molecule has 1 N–H and O–H groups in total. The molecule has 1 spiro atoms. The van der Waals surface area contributed by atoms with E-state index in [-0.39, 0.29) is 42.5 Å². The first-order valence-electron chi connectivity index (χ1n) is 12.9. The number of piperidine rings is 1. The Morgan fingerprint density at radius 3 is 2.42 bits per heavy atom. The first-order valence-corrected chi connectivity index (χ1v) is 12.9. The maximum absolute atomic E-state index is 13.1. The van der Waals surface area contributed by atoms with Crippen LogP contribution >= 0.6 is 0 Å². The lowest BCUT2D eigenvalue weighted by Crippen LogP contribution is -2.57. The van der Waals surface area contributed by atoms with Gasteiger partial charge in [0, 0.05) is 50.6 Å². The van der Waals surface area contributed by atoms with Crippen LogP contribution in [0.25, 0.3) is 0 Å². The van der Waals surface area contributed by atoms with Crippen molar-refractivity contribution in [1.82, 2.24) is 20.0 Å². The van der Waals surface area contributed by atoms with Gasteiger partial charge in [0.1, 0.15) is 0 Å². The molecule has 3 saturated heterocycles. The second-order valence-corrected chi connectivity index (χ2v) is 11.1. The van der Waals surface area contributed by atoms with E-state index in [1.165, 1.54) is 0 Å². The number of carbonyl (C=O) groups is 2. The van der Waals surface area contributed by atoms with E-state index in [1.54, 1.807) is 0 Å². The van der Waals surface area contributed by atoms with Crippen LogP contribution in [0.1, 0.15) is 64.7 Å². The number of urea groups is 1. The molecule has 3 aliphatic heterocycles. The predicted octanol–water partition coefficient (Wildman–Crippen LogP) is 3.68. The molecule has 0 aromatic rings. The summed E-state index contributed by atoms with van der Waals surface area (Å²) in [5, 5.41) is 2.84. The summed E-state index contributed by atoms with van der Waals surface area (Å²) in [6.45, 7) is 6.78. The maximum Gasteiger partial charge on any atom is 0.409 e. The van der Waals surface area contributed by atoms with Crippen molar-refractivity contribution >= 4 is 12.1 Å². The molecule has 0 unspecified atom stereocenters. The van der Waals surface area contributed by atoms with Crippen LogP contribution < -0.4 is 5.32 Å². The highest BCUT2D eigenvalue weighted by Crippen LogP contribution is 2.51. The molecule has 9 heteroatoms. The molecular weight excluding hydrogens is 430 g/mol. The fourth-order valence-electron chi connectivity index (χ4n) is 7.06. The van der Waals surface area contributed by atoms with E-state index in [1.807, 2.05) is 16.7 Å². The average molecular weight is 469 g/mol. The third-order valence-electron chi connectivity index (χ3n) is 8.91. The number of hydrogen-bond donors (Lipinski definition) is 1. The number of carbonyl (C=O) groups excluding carboxylic acids is 2. The van der Waals surface area contributed by atoms with Gasteiger partial charge in [0.2, 0.25) is 0 Å². The lowest BCUT2D eigenvalue weighted by molar-refractivity contribution is -0.0904. The second kappa shape index (κ2) is 8.86. The first kappa shape index (κ1) is 23.1. The van der Waals surface area contributed by atoms with Gasteiger partial charge in [0.25, 0.3) is 5.92 Å². The number of rotatable bonds is 4. The van der Waals surface area contributed by atoms with Crippen molar-refractivity contribution in [1.29, 1.82) is 0 Å². The van der Waals surface area contributed by atoms with Gasteiger partial charge in [-0.1, -0.05) is 0 Å². The summed E-state index contributed by atoms with van der Waals surface area (Å²) in [5.74, 6) is -2.11. The first-order chi connectivity index (χ1) is 15.8. The van der Waals surface area contributed by atoms with Crippen molar-refractivity contribution in [2.24, 2.45) is 11.3 Å². The minimum atomic E-state index is -2.61. The number of likely N-dealkylation sites (tertiary alicyclic amines) is 3. The SMILES string of the molecule is CCOC(=O)N1CCC2(CC(N3CCC([C@@H]4CCCN4C(=O)NC4CC(F)(F)C4)CC3)C2)C1. The summed E-state index contributed by atoms with van der Waals surface area (Å²) in [6.07, 6.45) is 6.99. The second-order valence-electron chi connectivity index (χ2n) is 11.1. The van der Waals surface area contributed by atoms with Gasteiger partial charge in [-0.15, -0.1) is 0 Å². The lowest BCUT2D eigenvalue weighted by atomic mass is 9.64.